The maximum Gasteiger partial charge on any atom is 0.224 e. The van der Waals surface area contributed by atoms with Gasteiger partial charge in [0.2, 0.25) is 5.91 Å². The summed E-state index contributed by atoms with van der Waals surface area (Å²) in [6.07, 6.45) is 6.32. The van der Waals surface area contributed by atoms with Crippen molar-refractivity contribution in [1.29, 1.82) is 0 Å². The molecular weight excluding hydrogens is 522 g/mol. The fourth-order valence-corrected chi connectivity index (χ4v) is 5.03. The number of imidazole rings is 1. The van der Waals surface area contributed by atoms with Gasteiger partial charge in [-0.1, -0.05) is 42.3 Å². The molecule has 1 N–H and O–H groups in total. The number of hydrogen-bond donors (Lipinski definition) is 1. The monoisotopic (exact) mass is 561 g/mol. The molecule has 0 aliphatic rings. The van der Waals surface area contributed by atoms with Crippen molar-refractivity contribution >= 4 is 28.5 Å². The van der Waals surface area contributed by atoms with E-state index < -0.39 is 0 Å². The Morgan fingerprint density at radius 1 is 0.925 bits per heavy atom. The number of para-hydroxylation sites is 2. The number of nitrogens with one attached hydrogen (secondary N) is 1. The maximum atomic E-state index is 12.3. The smallest absolute Gasteiger partial charge is 0.224 e. The molecule has 0 atom stereocenters. The molecule has 4 rings (SSSR count). The number of aryl methyl sites for hydroxylation is 4. The Bertz CT molecular complexity index is 1380. The van der Waals surface area contributed by atoms with E-state index in [4.69, 9.17) is 26.1 Å². The first-order valence-electron chi connectivity index (χ1n) is 14.2. The van der Waals surface area contributed by atoms with Gasteiger partial charge < -0.3 is 19.4 Å². The topological polar surface area (TPSA) is 65.4 Å². The second-order valence-electron chi connectivity index (χ2n) is 10.3. The fraction of sp³-hybridized carbons (Fsp3) is 0.394. The van der Waals surface area contributed by atoms with Crippen LogP contribution in [0.3, 0.4) is 0 Å². The molecule has 212 valence electrons. The fourth-order valence-electron chi connectivity index (χ4n) is 4.92. The molecule has 3 aromatic carbocycles. The van der Waals surface area contributed by atoms with Crippen LogP contribution >= 0.6 is 11.6 Å². The summed E-state index contributed by atoms with van der Waals surface area (Å²) in [6.45, 7) is 6.30. The van der Waals surface area contributed by atoms with E-state index in [-0.39, 0.29) is 5.91 Å². The third-order valence-corrected chi connectivity index (χ3v) is 7.71. The highest BCUT2D eigenvalue weighted by molar-refractivity contribution is 6.32. The highest BCUT2D eigenvalue weighted by atomic mass is 35.5. The third kappa shape index (κ3) is 8.25. The molecule has 0 saturated heterocycles. The van der Waals surface area contributed by atoms with E-state index in [9.17, 15) is 4.79 Å². The zero-order chi connectivity index (χ0) is 28.3. The van der Waals surface area contributed by atoms with Crippen molar-refractivity contribution < 1.29 is 14.3 Å². The summed E-state index contributed by atoms with van der Waals surface area (Å²) in [7, 11) is 1.64. The molecule has 0 aliphatic carbocycles. The maximum absolute atomic E-state index is 12.3. The first-order valence-corrected chi connectivity index (χ1v) is 14.6. The Balaban J connectivity index is 1.19. The van der Waals surface area contributed by atoms with Gasteiger partial charge in [0.25, 0.3) is 0 Å². The molecule has 0 fully saturated rings. The van der Waals surface area contributed by atoms with Gasteiger partial charge in [0.1, 0.15) is 17.3 Å². The molecule has 1 heterocycles. The molecule has 0 spiro atoms. The molecule has 1 amide bonds. The van der Waals surface area contributed by atoms with Gasteiger partial charge in [-0.25, -0.2) is 4.98 Å². The van der Waals surface area contributed by atoms with Crippen LogP contribution < -0.4 is 14.8 Å². The molecule has 40 heavy (non-hydrogen) atoms. The van der Waals surface area contributed by atoms with Crippen LogP contribution in [-0.2, 0) is 24.2 Å². The molecule has 6 nitrogen and oxygen atoms in total. The second-order valence-corrected chi connectivity index (χ2v) is 10.7. The molecule has 0 radical (unpaired) electrons. The number of carbonyl (C=O) groups excluding carboxylic acids is 1. The minimum Gasteiger partial charge on any atom is -0.497 e. The van der Waals surface area contributed by atoms with Crippen LogP contribution in [0.25, 0.3) is 11.0 Å². The van der Waals surface area contributed by atoms with Gasteiger partial charge in [0.15, 0.2) is 0 Å². The third-order valence-electron chi connectivity index (χ3n) is 7.11. The van der Waals surface area contributed by atoms with Crippen LogP contribution in [0.15, 0.2) is 60.7 Å². The Labute approximate surface area is 242 Å². The predicted octanol–water partition coefficient (Wildman–Crippen LogP) is 7.25. The van der Waals surface area contributed by atoms with E-state index in [0.717, 1.165) is 89.6 Å². The first kappa shape index (κ1) is 29.5. The minimum atomic E-state index is 0.0530. The highest BCUT2D eigenvalue weighted by Gasteiger charge is 2.11. The van der Waals surface area contributed by atoms with E-state index in [1.165, 1.54) is 5.52 Å². The number of amides is 1. The lowest BCUT2D eigenvalue weighted by molar-refractivity contribution is -0.120. The van der Waals surface area contributed by atoms with Gasteiger partial charge in [-0.15, -0.1) is 0 Å². The van der Waals surface area contributed by atoms with Crippen LogP contribution in [0, 0.1) is 13.8 Å². The van der Waals surface area contributed by atoms with Crippen LogP contribution in [-0.4, -0.2) is 35.7 Å². The van der Waals surface area contributed by atoms with Gasteiger partial charge in [-0.2, -0.15) is 0 Å². The number of nitrogens with zero attached hydrogens (tertiary/aromatic N) is 2. The molecule has 0 unspecified atom stereocenters. The van der Waals surface area contributed by atoms with Gasteiger partial charge in [-0.05, 0) is 92.6 Å². The molecule has 0 saturated carbocycles. The zero-order valence-corrected chi connectivity index (χ0v) is 24.6. The van der Waals surface area contributed by atoms with Crippen LogP contribution in [0.4, 0.5) is 0 Å². The van der Waals surface area contributed by atoms with Gasteiger partial charge in [-0.3, -0.25) is 4.79 Å². The lowest BCUT2D eigenvalue weighted by Crippen LogP contribution is -2.26. The van der Waals surface area contributed by atoms with E-state index in [2.05, 4.69) is 28.1 Å². The summed E-state index contributed by atoms with van der Waals surface area (Å²) in [5.74, 6) is 2.86. The number of aromatic nitrogens is 2. The Kier molecular flexibility index (Phi) is 10.9. The summed E-state index contributed by atoms with van der Waals surface area (Å²) in [4.78, 5) is 17.2. The first-order chi connectivity index (χ1) is 19.4. The summed E-state index contributed by atoms with van der Waals surface area (Å²) < 4.78 is 13.5. The standard InChI is InChI=1S/C33H40ClN3O3/c1-24-21-28(22-25(2)33(24)34)40-20-10-9-19-37-30-12-7-6-11-29(30)36-31(37)13-5-4-8-18-35-32(38)23-26-14-16-27(39-3)17-15-26/h6-7,11-12,14-17,21-22H,4-5,8-10,13,18-20,23H2,1-3H3,(H,35,38). The summed E-state index contributed by atoms with van der Waals surface area (Å²) in [5, 5.41) is 3.85. The number of carbonyl (C=O) groups is 1. The van der Waals surface area contributed by atoms with Crippen molar-refractivity contribution in [2.24, 2.45) is 0 Å². The molecule has 7 heteroatoms. The van der Waals surface area contributed by atoms with Gasteiger partial charge in [0, 0.05) is 24.5 Å². The van der Waals surface area contributed by atoms with E-state index in [1.807, 2.05) is 56.3 Å². The normalized spacial score (nSPS) is 11.1. The van der Waals surface area contributed by atoms with Crippen molar-refractivity contribution in [3.8, 4) is 11.5 Å². The summed E-state index contributed by atoms with van der Waals surface area (Å²) in [6, 6.07) is 20.0. The van der Waals surface area contributed by atoms with Gasteiger partial charge in [0.05, 0.1) is 31.2 Å². The number of ether oxygens (including phenoxy) is 2. The highest BCUT2D eigenvalue weighted by Crippen LogP contribution is 2.26. The van der Waals surface area contributed by atoms with Gasteiger partial charge >= 0.3 is 0 Å². The van der Waals surface area contributed by atoms with Crippen LogP contribution in [0.1, 0.15) is 54.6 Å². The largest absolute Gasteiger partial charge is 0.497 e. The number of fused-ring (bicyclic) bond motifs is 1. The SMILES string of the molecule is COc1ccc(CC(=O)NCCCCCc2nc3ccccc3n2CCCCOc2cc(C)c(Cl)c(C)c2)cc1. The number of rotatable bonds is 15. The van der Waals surface area contributed by atoms with Crippen molar-refractivity contribution in [3.63, 3.8) is 0 Å². The second kappa shape index (κ2) is 14.8. The number of unbranched alkanes of at least 4 members (excludes halogenated alkanes) is 3. The molecular formula is C33H40ClN3O3. The Hall–Kier alpha value is -3.51. The summed E-state index contributed by atoms with van der Waals surface area (Å²) >= 11 is 6.28. The number of hydrogen-bond acceptors (Lipinski definition) is 4. The van der Waals surface area contributed by atoms with E-state index >= 15 is 0 Å². The average Bonchev–Trinajstić information content (AvgIpc) is 3.31. The quantitative estimate of drug-likeness (QED) is 0.155. The predicted molar refractivity (Wildman–Crippen MR) is 163 cm³/mol. The van der Waals surface area contributed by atoms with Crippen molar-refractivity contribution in [1.82, 2.24) is 14.9 Å². The van der Waals surface area contributed by atoms with Crippen molar-refractivity contribution in [2.45, 2.75) is 65.3 Å². The minimum absolute atomic E-state index is 0.0530. The Morgan fingerprint density at radius 3 is 2.42 bits per heavy atom. The molecule has 1 aromatic heterocycles. The zero-order valence-electron chi connectivity index (χ0n) is 23.8. The number of halogens is 1. The van der Waals surface area contributed by atoms with Crippen LogP contribution in [0.5, 0.6) is 11.5 Å². The number of methoxy groups -OCH3 is 1. The lowest BCUT2D eigenvalue weighted by atomic mass is 10.1. The van der Waals surface area contributed by atoms with Crippen molar-refractivity contribution in [2.75, 3.05) is 20.3 Å². The summed E-state index contributed by atoms with van der Waals surface area (Å²) in [5.41, 5.74) is 5.31. The van der Waals surface area contributed by atoms with E-state index in [0.29, 0.717) is 19.6 Å². The van der Waals surface area contributed by atoms with Crippen molar-refractivity contribution in [3.05, 3.63) is 88.2 Å². The molecule has 0 aliphatic heterocycles. The molecule has 4 aromatic rings. The Morgan fingerprint density at radius 2 is 1.68 bits per heavy atom. The average molecular weight is 562 g/mol. The lowest BCUT2D eigenvalue weighted by Gasteiger charge is -2.12. The van der Waals surface area contributed by atoms with Crippen LogP contribution in [0.2, 0.25) is 5.02 Å². The molecule has 0 bridgehead atoms. The van der Waals surface area contributed by atoms with E-state index in [1.54, 1.807) is 7.11 Å². The number of benzene rings is 3.